The summed E-state index contributed by atoms with van der Waals surface area (Å²) >= 11 is 0. The molecule has 0 aromatic carbocycles. The third-order valence-electron chi connectivity index (χ3n) is 4.26. The van der Waals surface area contributed by atoms with Crippen molar-refractivity contribution in [2.75, 3.05) is 20.7 Å². The second-order valence-electron chi connectivity index (χ2n) is 8.99. The molecule has 0 aliphatic heterocycles. The van der Waals surface area contributed by atoms with Gasteiger partial charge in [-0.05, 0) is 53.0 Å². The van der Waals surface area contributed by atoms with Crippen molar-refractivity contribution in [3.8, 4) is 0 Å². The Labute approximate surface area is 138 Å². The van der Waals surface area contributed by atoms with E-state index in [2.05, 4.69) is 40.8 Å². The van der Waals surface area contributed by atoms with Gasteiger partial charge in [-0.2, -0.15) is 0 Å². The maximum absolute atomic E-state index is 12.5. The summed E-state index contributed by atoms with van der Waals surface area (Å²) < 4.78 is 11.8. The Morgan fingerprint density at radius 3 is 1.86 bits per heavy atom. The molecular weight excluding hydrogens is 294 g/mol. The van der Waals surface area contributed by atoms with E-state index >= 15 is 0 Å². The molecule has 0 saturated carbocycles. The van der Waals surface area contributed by atoms with Crippen LogP contribution in [0, 0.1) is 5.92 Å². The van der Waals surface area contributed by atoms with Crippen LogP contribution < -0.4 is 0 Å². The summed E-state index contributed by atoms with van der Waals surface area (Å²) in [6.45, 7) is 19.5. The van der Waals surface area contributed by atoms with Crippen molar-refractivity contribution in [1.29, 1.82) is 0 Å². The topological polar surface area (TPSA) is 38.8 Å². The summed E-state index contributed by atoms with van der Waals surface area (Å²) in [5, 5.41) is 0.173. The van der Waals surface area contributed by atoms with E-state index in [0.717, 1.165) is 0 Å². The van der Waals surface area contributed by atoms with Crippen LogP contribution in [-0.2, 0) is 14.0 Å². The van der Waals surface area contributed by atoms with E-state index in [9.17, 15) is 4.79 Å². The molecule has 2 atom stereocenters. The molecule has 22 heavy (non-hydrogen) atoms. The standard InChI is InChI=1S/C17H37NO3Si/c1-13(12-20-22(10,11)17(5,6)7)14(18(8)9)15(19)21-16(2,3)4/h13-14H,12H2,1-11H3/t13-,14?/m0/s1. The van der Waals surface area contributed by atoms with Crippen LogP contribution in [0.5, 0.6) is 0 Å². The Hall–Kier alpha value is -0.393. The summed E-state index contributed by atoms with van der Waals surface area (Å²) in [6.07, 6.45) is 0. The summed E-state index contributed by atoms with van der Waals surface area (Å²) in [5.74, 6) is -0.0946. The zero-order chi connectivity index (χ0) is 17.9. The van der Waals surface area contributed by atoms with Crippen molar-refractivity contribution in [1.82, 2.24) is 4.90 Å². The predicted octanol–water partition coefficient (Wildman–Crippen LogP) is 3.92. The monoisotopic (exact) mass is 331 g/mol. The molecular formula is C17H37NO3Si. The molecule has 0 aliphatic rings. The molecule has 5 heteroatoms. The average Bonchev–Trinajstić information content (AvgIpc) is 2.21. The molecule has 0 saturated heterocycles. The molecule has 0 fully saturated rings. The Morgan fingerprint density at radius 2 is 1.55 bits per heavy atom. The van der Waals surface area contributed by atoms with E-state index in [1.807, 2.05) is 39.8 Å². The van der Waals surface area contributed by atoms with Gasteiger partial charge in [-0.25, -0.2) is 0 Å². The number of esters is 1. The number of likely N-dealkylation sites (N-methyl/N-ethyl adjacent to an activating group) is 1. The van der Waals surface area contributed by atoms with Gasteiger partial charge in [0.05, 0.1) is 0 Å². The largest absolute Gasteiger partial charge is 0.459 e. The molecule has 0 heterocycles. The van der Waals surface area contributed by atoms with Gasteiger partial charge in [0.25, 0.3) is 0 Å². The second-order valence-corrected chi connectivity index (χ2v) is 13.8. The molecule has 1 unspecified atom stereocenters. The van der Waals surface area contributed by atoms with E-state index in [4.69, 9.17) is 9.16 Å². The van der Waals surface area contributed by atoms with E-state index < -0.39 is 13.9 Å². The SMILES string of the molecule is C[C@@H](CO[Si](C)(C)C(C)(C)C)C(C(=O)OC(C)(C)C)N(C)C. The molecule has 0 amide bonds. The smallest absolute Gasteiger partial charge is 0.324 e. The van der Waals surface area contributed by atoms with Crippen molar-refractivity contribution in [2.24, 2.45) is 5.92 Å². The molecule has 0 aromatic rings. The lowest BCUT2D eigenvalue weighted by molar-refractivity contribution is -0.162. The highest BCUT2D eigenvalue weighted by Gasteiger charge is 2.39. The Kier molecular flexibility index (Phi) is 7.32. The summed E-state index contributed by atoms with van der Waals surface area (Å²) in [4.78, 5) is 14.4. The molecule has 132 valence electrons. The van der Waals surface area contributed by atoms with Crippen molar-refractivity contribution in [3.05, 3.63) is 0 Å². The minimum Gasteiger partial charge on any atom is -0.459 e. The first-order valence-corrected chi connectivity index (χ1v) is 11.0. The van der Waals surface area contributed by atoms with Gasteiger partial charge >= 0.3 is 5.97 Å². The van der Waals surface area contributed by atoms with Crippen LogP contribution in [0.4, 0.5) is 0 Å². The van der Waals surface area contributed by atoms with Gasteiger partial charge in [0.15, 0.2) is 8.32 Å². The van der Waals surface area contributed by atoms with Crippen LogP contribution in [0.1, 0.15) is 48.5 Å². The third kappa shape index (κ3) is 6.80. The van der Waals surface area contributed by atoms with Crippen LogP contribution in [0.2, 0.25) is 18.1 Å². The molecule has 0 N–H and O–H groups in total. The number of carbonyl (C=O) groups excluding carboxylic acids is 1. The Morgan fingerprint density at radius 1 is 1.09 bits per heavy atom. The van der Waals surface area contributed by atoms with Crippen LogP contribution in [0.25, 0.3) is 0 Å². The number of hydrogen-bond donors (Lipinski definition) is 0. The molecule has 0 bridgehead atoms. The maximum Gasteiger partial charge on any atom is 0.324 e. The number of ether oxygens (including phenoxy) is 1. The predicted molar refractivity (Wildman–Crippen MR) is 95.6 cm³/mol. The molecule has 4 nitrogen and oxygen atoms in total. The van der Waals surface area contributed by atoms with Crippen LogP contribution in [0.15, 0.2) is 0 Å². The molecule has 0 aliphatic carbocycles. The second kappa shape index (κ2) is 7.45. The highest BCUT2D eigenvalue weighted by atomic mass is 28.4. The zero-order valence-electron chi connectivity index (χ0n) is 16.5. The van der Waals surface area contributed by atoms with E-state index in [-0.39, 0.29) is 23.0 Å². The first-order valence-electron chi connectivity index (χ1n) is 8.12. The fourth-order valence-corrected chi connectivity index (χ4v) is 3.07. The quantitative estimate of drug-likeness (QED) is 0.546. The summed E-state index contributed by atoms with van der Waals surface area (Å²) in [5.41, 5.74) is -0.467. The fraction of sp³-hybridized carbons (Fsp3) is 0.941. The van der Waals surface area contributed by atoms with Crippen LogP contribution in [-0.4, -0.2) is 51.5 Å². The lowest BCUT2D eigenvalue weighted by Gasteiger charge is -2.38. The van der Waals surface area contributed by atoms with E-state index in [1.165, 1.54) is 0 Å². The molecule has 0 spiro atoms. The van der Waals surface area contributed by atoms with Gasteiger partial charge in [0.2, 0.25) is 0 Å². The number of hydrogen-bond acceptors (Lipinski definition) is 4. The third-order valence-corrected chi connectivity index (χ3v) is 8.76. The van der Waals surface area contributed by atoms with E-state index in [0.29, 0.717) is 6.61 Å². The molecule has 0 rings (SSSR count). The molecule has 0 radical (unpaired) electrons. The van der Waals surface area contributed by atoms with Crippen molar-refractivity contribution in [3.63, 3.8) is 0 Å². The maximum atomic E-state index is 12.5. The van der Waals surface area contributed by atoms with Gasteiger partial charge in [0.1, 0.15) is 11.6 Å². The van der Waals surface area contributed by atoms with Gasteiger partial charge in [-0.15, -0.1) is 0 Å². The molecule has 0 aromatic heterocycles. The fourth-order valence-electron chi connectivity index (χ4n) is 1.96. The summed E-state index contributed by atoms with van der Waals surface area (Å²) in [7, 11) is 2.03. The number of carbonyl (C=O) groups is 1. The van der Waals surface area contributed by atoms with Crippen molar-refractivity contribution < 1.29 is 14.0 Å². The van der Waals surface area contributed by atoms with Crippen molar-refractivity contribution >= 4 is 14.3 Å². The normalized spacial score (nSPS) is 16.5. The van der Waals surface area contributed by atoms with Gasteiger partial charge in [0, 0.05) is 12.5 Å². The van der Waals surface area contributed by atoms with Crippen LogP contribution >= 0.6 is 0 Å². The van der Waals surface area contributed by atoms with Gasteiger partial charge in [-0.1, -0.05) is 27.7 Å². The highest BCUT2D eigenvalue weighted by Crippen LogP contribution is 2.37. The van der Waals surface area contributed by atoms with E-state index in [1.54, 1.807) is 0 Å². The van der Waals surface area contributed by atoms with Gasteiger partial charge < -0.3 is 9.16 Å². The number of nitrogens with zero attached hydrogens (tertiary/aromatic N) is 1. The summed E-state index contributed by atoms with van der Waals surface area (Å²) in [6, 6.07) is -0.288. The first-order chi connectivity index (χ1) is 9.58. The lowest BCUT2D eigenvalue weighted by Crippen LogP contribution is -2.48. The van der Waals surface area contributed by atoms with Crippen molar-refractivity contribution in [2.45, 2.75) is 78.2 Å². The number of rotatable bonds is 6. The zero-order valence-corrected chi connectivity index (χ0v) is 17.5. The Balaban J connectivity index is 4.90. The minimum absolute atomic E-state index is 0.0824. The van der Waals surface area contributed by atoms with Crippen LogP contribution in [0.3, 0.4) is 0 Å². The minimum atomic E-state index is -1.80. The van der Waals surface area contributed by atoms with Gasteiger partial charge in [-0.3, -0.25) is 9.69 Å². The average molecular weight is 332 g/mol. The highest BCUT2D eigenvalue weighted by molar-refractivity contribution is 6.74. The first kappa shape index (κ1) is 21.6. The lowest BCUT2D eigenvalue weighted by atomic mass is 10.0. The Bertz CT molecular complexity index is 367.